The van der Waals surface area contributed by atoms with E-state index in [0.29, 0.717) is 12.0 Å². The Kier molecular flexibility index (Phi) is 3.78. The minimum atomic E-state index is -0.360. The normalized spacial score (nSPS) is 10.6. The van der Waals surface area contributed by atoms with E-state index in [1.165, 1.54) is 7.11 Å². The molecule has 0 radical (unpaired) electrons. The molecular weight excluding hydrogens is 280 g/mol. The van der Waals surface area contributed by atoms with Crippen molar-refractivity contribution in [3.63, 3.8) is 0 Å². The molecule has 1 aromatic carbocycles. The minimum absolute atomic E-state index is 0.360. The average molecular weight is 296 g/mol. The summed E-state index contributed by atoms with van der Waals surface area (Å²) in [6.45, 7) is 0. The summed E-state index contributed by atoms with van der Waals surface area (Å²) in [7, 11) is 3.02. The molecule has 3 rings (SSSR count). The van der Waals surface area contributed by atoms with Gasteiger partial charge in [0.2, 0.25) is 0 Å². The number of nitrogens with zero attached hydrogens (tertiary/aromatic N) is 2. The number of hydrogen-bond donors (Lipinski definition) is 0. The van der Waals surface area contributed by atoms with Crippen LogP contribution in [0, 0.1) is 0 Å². The first-order valence-corrected chi connectivity index (χ1v) is 6.89. The summed E-state index contributed by atoms with van der Waals surface area (Å²) in [6.07, 6.45) is 4.27. The number of pyridine rings is 1. The number of methoxy groups -OCH3 is 2. The van der Waals surface area contributed by atoms with Crippen LogP contribution in [0.15, 0.2) is 48.8 Å². The molecule has 0 atom stereocenters. The molecule has 0 saturated carbocycles. The van der Waals surface area contributed by atoms with Crippen molar-refractivity contribution in [3.8, 4) is 5.75 Å². The van der Waals surface area contributed by atoms with Gasteiger partial charge < -0.3 is 13.9 Å². The molecule has 0 spiro atoms. The number of fused-ring (bicyclic) bond motifs is 1. The van der Waals surface area contributed by atoms with Crippen molar-refractivity contribution in [2.24, 2.45) is 0 Å². The van der Waals surface area contributed by atoms with Crippen LogP contribution in [0.4, 0.5) is 0 Å². The van der Waals surface area contributed by atoms with Crippen LogP contribution in [-0.2, 0) is 11.2 Å². The van der Waals surface area contributed by atoms with Crippen molar-refractivity contribution in [1.29, 1.82) is 0 Å². The van der Waals surface area contributed by atoms with Gasteiger partial charge in [-0.3, -0.25) is 0 Å². The topological polar surface area (TPSA) is 52.8 Å². The quantitative estimate of drug-likeness (QED) is 0.695. The van der Waals surface area contributed by atoms with Crippen LogP contribution in [-0.4, -0.2) is 29.6 Å². The van der Waals surface area contributed by atoms with Crippen molar-refractivity contribution in [1.82, 2.24) is 9.38 Å². The first kappa shape index (κ1) is 14.1. The number of carbonyl (C=O) groups excluding carboxylic acids is 1. The lowest BCUT2D eigenvalue weighted by atomic mass is 10.1. The second kappa shape index (κ2) is 5.89. The van der Waals surface area contributed by atoms with E-state index in [4.69, 9.17) is 9.47 Å². The van der Waals surface area contributed by atoms with Crippen molar-refractivity contribution < 1.29 is 14.3 Å². The van der Waals surface area contributed by atoms with Crippen molar-refractivity contribution in [3.05, 3.63) is 65.7 Å². The number of benzene rings is 1. The molecular formula is C17H16N2O3. The van der Waals surface area contributed by atoms with E-state index in [1.807, 2.05) is 40.9 Å². The summed E-state index contributed by atoms with van der Waals surface area (Å²) >= 11 is 0. The van der Waals surface area contributed by atoms with E-state index in [-0.39, 0.29) is 5.97 Å². The van der Waals surface area contributed by atoms with Gasteiger partial charge in [0, 0.05) is 12.6 Å². The highest BCUT2D eigenvalue weighted by molar-refractivity contribution is 5.96. The zero-order chi connectivity index (χ0) is 15.5. The molecule has 22 heavy (non-hydrogen) atoms. The second-order valence-electron chi connectivity index (χ2n) is 4.87. The Labute approximate surface area is 128 Å². The van der Waals surface area contributed by atoms with Crippen LogP contribution in [0.1, 0.15) is 21.7 Å². The fourth-order valence-electron chi connectivity index (χ4n) is 2.41. The smallest absolute Gasteiger partial charge is 0.340 e. The average Bonchev–Trinajstić information content (AvgIpc) is 2.98. The molecule has 2 heterocycles. The highest BCUT2D eigenvalue weighted by Crippen LogP contribution is 2.18. The van der Waals surface area contributed by atoms with Gasteiger partial charge in [0.25, 0.3) is 0 Å². The van der Waals surface area contributed by atoms with Gasteiger partial charge in [0.05, 0.1) is 31.5 Å². The highest BCUT2D eigenvalue weighted by Gasteiger charge is 2.13. The van der Waals surface area contributed by atoms with Crippen molar-refractivity contribution >= 4 is 11.5 Å². The van der Waals surface area contributed by atoms with Gasteiger partial charge in [-0.15, -0.1) is 0 Å². The van der Waals surface area contributed by atoms with Gasteiger partial charge in [0.15, 0.2) is 0 Å². The fraction of sp³-hybridized carbons (Fsp3) is 0.176. The third kappa shape index (κ3) is 2.53. The zero-order valence-corrected chi connectivity index (χ0v) is 12.4. The third-order valence-electron chi connectivity index (χ3n) is 3.57. The SMILES string of the molecule is COC(=O)c1cccn2c(Cc3ccc(OC)cc3)ncc12. The van der Waals surface area contributed by atoms with Crippen molar-refractivity contribution in [2.75, 3.05) is 14.2 Å². The van der Waals surface area contributed by atoms with Crippen LogP contribution in [0.25, 0.3) is 5.52 Å². The van der Waals surface area contributed by atoms with Crippen molar-refractivity contribution in [2.45, 2.75) is 6.42 Å². The maximum atomic E-state index is 11.8. The molecule has 0 aliphatic heterocycles. The van der Waals surface area contributed by atoms with Crippen LogP contribution in [0.3, 0.4) is 0 Å². The molecule has 0 fully saturated rings. The van der Waals surface area contributed by atoms with E-state index >= 15 is 0 Å². The van der Waals surface area contributed by atoms with E-state index in [1.54, 1.807) is 19.4 Å². The van der Waals surface area contributed by atoms with Gasteiger partial charge >= 0.3 is 5.97 Å². The van der Waals surface area contributed by atoms with Gasteiger partial charge in [-0.2, -0.15) is 0 Å². The predicted molar refractivity (Wildman–Crippen MR) is 82.3 cm³/mol. The largest absolute Gasteiger partial charge is 0.497 e. The molecule has 3 aromatic rings. The molecule has 5 nitrogen and oxygen atoms in total. The summed E-state index contributed by atoms with van der Waals surface area (Å²) in [4.78, 5) is 16.2. The Balaban J connectivity index is 1.96. The molecule has 0 saturated heterocycles. The Morgan fingerprint density at radius 2 is 1.95 bits per heavy atom. The second-order valence-corrected chi connectivity index (χ2v) is 4.87. The molecule has 0 aliphatic rings. The number of carbonyl (C=O) groups is 1. The fourth-order valence-corrected chi connectivity index (χ4v) is 2.41. The Hall–Kier alpha value is -2.82. The predicted octanol–water partition coefficient (Wildman–Crippen LogP) is 2.72. The summed E-state index contributed by atoms with van der Waals surface area (Å²) in [5.74, 6) is 1.33. The first-order valence-electron chi connectivity index (χ1n) is 6.89. The Morgan fingerprint density at radius 3 is 2.64 bits per heavy atom. The third-order valence-corrected chi connectivity index (χ3v) is 3.57. The highest BCUT2D eigenvalue weighted by atomic mass is 16.5. The molecule has 0 aliphatic carbocycles. The van der Waals surface area contributed by atoms with Crippen LogP contribution < -0.4 is 4.74 Å². The minimum Gasteiger partial charge on any atom is -0.497 e. The van der Waals surface area contributed by atoms with E-state index in [0.717, 1.165) is 22.7 Å². The Bertz CT molecular complexity index is 806. The maximum absolute atomic E-state index is 11.8. The van der Waals surface area contributed by atoms with E-state index in [2.05, 4.69) is 4.98 Å². The summed E-state index contributed by atoms with van der Waals surface area (Å²) in [5.41, 5.74) is 2.38. The molecule has 5 heteroatoms. The number of ether oxygens (including phenoxy) is 2. The molecule has 0 amide bonds. The number of rotatable bonds is 4. The molecule has 112 valence electrons. The number of imidazole rings is 1. The maximum Gasteiger partial charge on any atom is 0.340 e. The van der Waals surface area contributed by atoms with Crippen LogP contribution >= 0.6 is 0 Å². The van der Waals surface area contributed by atoms with E-state index in [9.17, 15) is 4.79 Å². The summed E-state index contributed by atoms with van der Waals surface area (Å²) in [6, 6.07) is 11.4. The van der Waals surface area contributed by atoms with Gasteiger partial charge in [-0.25, -0.2) is 9.78 Å². The lowest BCUT2D eigenvalue weighted by molar-refractivity contribution is 0.0602. The van der Waals surface area contributed by atoms with Crippen LogP contribution in [0.2, 0.25) is 0 Å². The van der Waals surface area contributed by atoms with E-state index < -0.39 is 0 Å². The van der Waals surface area contributed by atoms with Crippen LogP contribution in [0.5, 0.6) is 5.75 Å². The Morgan fingerprint density at radius 1 is 1.18 bits per heavy atom. The summed E-state index contributed by atoms with van der Waals surface area (Å²) < 4.78 is 11.9. The standard InChI is InChI=1S/C17H16N2O3/c1-21-13-7-5-12(6-8-13)10-16-18-11-15-14(17(20)22-2)4-3-9-19(15)16/h3-9,11H,10H2,1-2H3. The molecule has 2 aromatic heterocycles. The van der Waals surface area contributed by atoms with Gasteiger partial charge in [-0.05, 0) is 29.8 Å². The lowest BCUT2D eigenvalue weighted by Crippen LogP contribution is -2.04. The first-order chi connectivity index (χ1) is 10.7. The number of esters is 1. The zero-order valence-electron chi connectivity index (χ0n) is 12.4. The molecule has 0 N–H and O–H groups in total. The lowest BCUT2D eigenvalue weighted by Gasteiger charge is -2.05. The molecule has 0 bridgehead atoms. The monoisotopic (exact) mass is 296 g/mol. The van der Waals surface area contributed by atoms with Gasteiger partial charge in [0.1, 0.15) is 11.6 Å². The number of aromatic nitrogens is 2. The summed E-state index contributed by atoms with van der Waals surface area (Å²) in [5, 5.41) is 0. The number of hydrogen-bond acceptors (Lipinski definition) is 4. The molecule has 0 unspecified atom stereocenters. The van der Waals surface area contributed by atoms with Gasteiger partial charge in [-0.1, -0.05) is 12.1 Å².